The Balaban J connectivity index is 0.000000194. The summed E-state index contributed by atoms with van der Waals surface area (Å²) in [6.45, 7) is 1.50. The first-order chi connectivity index (χ1) is 12.7. The van der Waals surface area contributed by atoms with Crippen molar-refractivity contribution in [3.05, 3.63) is 66.3 Å². The molecule has 0 radical (unpaired) electrons. The van der Waals surface area contributed by atoms with E-state index in [9.17, 15) is 14.4 Å². The van der Waals surface area contributed by atoms with Gasteiger partial charge in [0, 0.05) is 11.8 Å². The van der Waals surface area contributed by atoms with Crippen LogP contribution in [-0.4, -0.2) is 48.0 Å². The van der Waals surface area contributed by atoms with Crippen LogP contribution in [0.3, 0.4) is 0 Å². The molecule has 1 aliphatic carbocycles. The number of nitrogens with zero attached hydrogens (tertiary/aromatic N) is 3. The average molecular weight is 371 g/mol. The van der Waals surface area contributed by atoms with E-state index in [4.69, 9.17) is 15.3 Å². The largest absolute Gasteiger partial charge is 0.481 e. The van der Waals surface area contributed by atoms with E-state index in [1.807, 2.05) is 0 Å². The van der Waals surface area contributed by atoms with Crippen LogP contribution in [0.25, 0.3) is 5.69 Å². The quantitative estimate of drug-likeness (QED) is 0.741. The summed E-state index contributed by atoms with van der Waals surface area (Å²) in [5.41, 5.74) is -0.192. The molecule has 0 saturated carbocycles. The van der Waals surface area contributed by atoms with E-state index in [2.05, 4.69) is 10.1 Å². The van der Waals surface area contributed by atoms with E-state index in [1.165, 1.54) is 42.1 Å². The number of aromatic nitrogens is 3. The molecule has 2 aromatic rings. The Bertz CT molecular complexity index is 916. The van der Waals surface area contributed by atoms with Gasteiger partial charge in [-0.05, 0) is 31.5 Å². The zero-order valence-corrected chi connectivity index (χ0v) is 14.3. The van der Waals surface area contributed by atoms with Crippen LogP contribution in [0.5, 0.6) is 0 Å². The number of carboxylic acids is 3. The second-order valence-corrected chi connectivity index (χ2v) is 5.90. The molecule has 2 aromatic heterocycles. The summed E-state index contributed by atoms with van der Waals surface area (Å²) in [6.07, 6.45) is 9.05. The Morgan fingerprint density at radius 2 is 1.85 bits per heavy atom. The van der Waals surface area contributed by atoms with Gasteiger partial charge in [-0.1, -0.05) is 18.2 Å². The highest BCUT2D eigenvalue weighted by molar-refractivity contribution is 5.90. The molecule has 9 nitrogen and oxygen atoms in total. The second kappa shape index (κ2) is 8.09. The standard InChI is InChI=1S/C9H7N3O2.C9H10O4/c13-9(14)8-3-5-11-12(8)7-2-1-4-10-6-7;1-9(8(12)13)4-2-3-6(5-9)7(10)11/h1-6H,(H,13,14);2-4H,5H2,1H3,(H,10,11)(H,12,13). The van der Waals surface area contributed by atoms with Crippen LogP contribution >= 0.6 is 0 Å². The number of carbonyl (C=O) groups is 3. The molecular weight excluding hydrogens is 354 g/mol. The Morgan fingerprint density at radius 1 is 1.11 bits per heavy atom. The number of hydrogen-bond acceptors (Lipinski definition) is 5. The smallest absolute Gasteiger partial charge is 0.354 e. The SMILES string of the molecule is CC1(C(=O)O)C=CC=C(C(=O)O)C1.O=C(O)c1ccnn1-c1cccnc1. The molecule has 140 valence electrons. The summed E-state index contributed by atoms with van der Waals surface area (Å²) in [4.78, 5) is 36.0. The Kier molecular flexibility index (Phi) is 5.86. The molecule has 2 heterocycles. The van der Waals surface area contributed by atoms with E-state index in [0.717, 1.165) is 0 Å². The molecule has 27 heavy (non-hydrogen) atoms. The minimum Gasteiger partial charge on any atom is -0.481 e. The molecular formula is C18H17N3O6. The number of rotatable bonds is 4. The van der Waals surface area contributed by atoms with Gasteiger partial charge in [-0.3, -0.25) is 9.78 Å². The van der Waals surface area contributed by atoms with E-state index in [-0.39, 0.29) is 17.7 Å². The fraction of sp³-hybridized carbons (Fsp3) is 0.167. The highest BCUT2D eigenvalue weighted by Crippen LogP contribution is 2.31. The molecule has 1 aliphatic rings. The first kappa shape index (κ1) is 19.6. The Hall–Kier alpha value is -3.75. The molecule has 0 saturated heterocycles. The van der Waals surface area contributed by atoms with Gasteiger partial charge in [0.25, 0.3) is 0 Å². The van der Waals surface area contributed by atoms with Crippen molar-refractivity contribution in [1.82, 2.24) is 14.8 Å². The summed E-state index contributed by atoms with van der Waals surface area (Å²) in [6, 6.07) is 4.91. The number of aromatic carboxylic acids is 1. The number of aliphatic carboxylic acids is 2. The Labute approximate surface area is 153 Å². The number of allylic oxidation sites excluding steroid dienone is 2. The predicted molar refractivity (Wildman–Crippen MR) is 93.5 cm³/mol. The lowest BCUT2D eigenvalue weighted by atomic mass is 9.80. The van der Waals surface area contributed by atoms with Crippen molar-refractivity contribution >= 4 is 17.9 Å². The van der Waals surface area contributed by atoms with Crippen LogP contribution < -0.4 is 0 Å². The zero-order valence-electron chi connectivity index (χ0n) is 14.3. The Morgan fingerprint density at radius 3 is 2.41 bits per heavy atom. The fourth-order valence-corrected chi connectivity index (χ4v) is 2.33. The highest BCUT2D eigenvalue weighted by Gasteiger charge is 2.34. The van der Waals surface area contributed by atoms with Gasteiger partial charge in [-0.25, -0.2) is 14.3 Å². The van der Waals surface area contributed by atoms with E-state index < -0.39 is 23.3 Å². The second-order valence-electron chi connectivity index (χ2n) is 5.90. The highest BCUT2D eigenvalue weighted by atomic mass is 16.4. The van der Waals surface area contributed by atoms with Gasteiger partial charge < -0.3 is 15.3 Å². The normalized spacial score (nSPS) is 18.0. The van der Waals surface area contributed by atoms with Gasteiger partial charge in [-0.2, -0.15) is 5.10 Å². The van der Waals surface area contributed by atoms with Crippen molar-refractivity contribution in [2.24, 2.45) is 5.41 Å². The maximum Gasteiger partial charge on any atom is 0.354 e. The van der Waals surface area contributed by atoms with Gasteiger partial charge in [0.05, 0.1) is 23.5 Å². The monoisotopic (exact) mass is 371 g/mol. The first-order valence-electron chi connectivity index (χ1n) is 7.77. The van der Waals surface area contributed by atoms with Gasteiger partial charge in [0.2, 0.25) is 0 Å². The minimum atomic E-state index is -1.08. The molecule has 1 unspecified atom stereocenters. The summed E-state index contributed by atoms with van der Waals surface area (Å²) >= 11 is 0. The van der Waals surface area contributed by atoms with Crippen molar-refractivity contribution < 1.29 is 29.7 Å². The van der Waals surface area contributed by atoms with Crippen molar-refractivity contribution in [3.63, 3.8) is 0 Å². The summed E-state index contributed by atoms with van der Waals surface area (Å²) in [5.74, 6) is -3.07. The van der Waals surface area contributed by atoms with Crippen LogP contribution in [0, 0.1) is 5.41 Å². The number of hydrogen-bond donors (Lipinski definition) is 3. The molecule has 0 bridgehead atoms. The number of pyridine rings is 1. The molecule has 0 aliphatic heterocycles. The van der Waals surface area contributed by atoms with E-state index in [1.54, 1.807) is 24.5 Å². The molecule has 9 heteroatoms. The van der Waals surface area contributed by atoms with E-state index >= 15 is 0 Å². The fourth-order valence-electron chi connectivity index (χ4n) is 2.33. The molecule has 3 rings (SSSR count). The molecule has 0 aromatic carbocycles. The summed E-state index contributed by atoms with van der Waals surface area (Å²) < 4.78 is 1.33. The lowest BCUT2D eigenvalue weighted by Gasteiger charge is -2.23. The third kappa shape index (κ3) is 4.66. The summed E-state index contributed by atoms with van der Waals surface area (Å²) in [7, 11) is 0. The van der Waals surface area contributed by atoms with Gasteiger partial charge in [-0.15, -0.1) is 0 Å². The topological polar surface area (TPSA) is 143 Å². The minimum absolute atomic E-state index is 0.0359. The molecule has 0 amide bonds. The lowest BCUT2D eigenvalue weighted by Crippen LogP contribution is -2.28. The first-order valence-corrected chi connectivity index (χ1v) is 7.77. The van der Waals surface area contributed by atoms with Crippen molar-refractivity contribution in [2.75, 3.05) is 0 Å². The third-order valence-electron chi connectivity index (χ3n) is 3.83. The van der Waals surface area contributed by atoms with Crippen molar-refractivity contribution in [1.29, 1.82) is 0 Å². The molecule has 3 N–H and O–H groups in total. The average Bonchev–Trinajstić information content (AvgIpc) is 3.13. The third-order valence-corrected chi connectivity index (χ3v) is 3.83. The number of carboxylic acid groups (broad SMARTS) is 3. The van der Waals surface area contributed by atoms with Crippen molar-refractivity contribution in [2.45, 2.75) is 13.3 Å². The van der Waals surface area contributed by atoms with Crippen LogP contribution in [0.1, 0.15) is 23.8 Å². The van der Waals surface area contributed by atoms with Gasteiger partial charge in [0.15, 0.2) is 5.69 Å². The zero-order chi connectivity index (χ0) is 20.0. The van der Waals surface area contributed by atoms with Gasteiger partial charge in [0.1, 0.15) is 0 Å². The predicted octanol–water partition coefficient (Wildman–Crippen LogP) is 2.01. The maximum atomic E-state index is 10.8. The maximum absolute atomic E-state index is 10.8. The lowest BCUT2D eigenvalue weighted by molar-refractivity contribution is -0.145. The molecule has 1 atom stereocenters. The van der Waals surface area contributed by atoms with E-state index in [0.29, 0.717) is 5.69 Å². The van der Waals surface area contributed by atoms with Crippen LogP contribution in [0.2, 0.25) is 0 Å². The van der Waals surface area contributed by atoms with Crippen LogP contribution in [0.4, 0.5) is 0 Å². The van der Waals surface area contributed by atoms with Crippen LogP contribution in [0.15, 0.2) is 60.6 Å². The summed E-state index contributed by atoms with van der Waals surface area (Å²) in [5, 5.41) is 30.2. The van der Waals surface area contributed by atoms with Crippen LogP contribution in [-0.2, 0) is 9.59 Å². The molecule has 0 fully saturated rings. The molecule has 0 spiro atoms. The van der Waals surface area contributed by atoms with Gasteiger partial charge >= 0.3 is 17.9 Å². The van der Waals surface area contributed by atoms with Crippen molar-refractivity contribution in [3.8, 4) is 5.69 Å².